The van der Waals surface area contributed by atoms with Gasteiger partial charge in [-0.2, -0.15) is 0 Å². The number of hydrogen-bond donors (Lipinski definition) is 1. The molecule has 0 spiro atoms. The predicted molar refractivity (Wildman–Crippen MR) is 73.0 cm³/mol. The Balaban J connectivity index is 2.14. The third-order valence-electron chi connectivity index (χ3n) is 3.05. The molecule has 0 unspecified atom stereocenters. The summed E-state index contributed by atoms with van der Waals surface area (Å²) in [6, 6.07) is 4.62. The summed E-state index contributed by atoms with van der Waals surface area (Å²) >= 11 is 4.97. The van der Waals surface area contributed by atoms with Gasteiger partial charge < -0.3 is 10.5 Å². The maximum Gasteiger partial charge on any atom is 0.123 e. The average molecular weight is 268 g/mol. The fraction of sp³-hybridized carbons (Fsp3) is 0.462. The summed E-state index contributed by atoms with van der Waals surface area (Å²) in [5.41, 5.74) is 7.25. The number of thiocarbonyl (C=S) groups is 1. The van der Waals surface area contributed by atoms with E-state index in [9.17, 15) is 4.39 Å². The zero-order chi connectivity index (χ0) is 13.0. The van der Waals surface area contributed by atoms with Gasteiger partial charge in [0.1, 0.15) is 10.8 Å². The monoisotopic (exact) mass is 268 g/mol. The Bertz CT molecular complexity index is 431. The first kappa shape index (κ1) is 13.4. The van der Waals surface area contributed by atoms with Gasteiger partial charge in [0.05, 0.1) is 6.61 Å². The summed E-state index contributed by atoms with van der Waals surface area (Å²) in [7, 11) is 0. The van der Waals surface area contributed by atoms with Crippen molar-refractivity contribution >= 4 is 17.2 Å². The van der Waals surface area contributed by atoms with Crippen molar-refractivity contribution in [2.24, 2.45) is 5.73 Å². The predicted octanol–water partition coefficient (Wildman–Crippen LogP) is 1.68. The summed E-state index contributed by atoms with van der Waals surface area (Å²) in [6.07, 6.45) is 1.02. The molecule has 18 heavy (non-hydrogen) atoms. The first-order valence-corrected chi connectivity index (χ1v) is 6.46. The Kier molecular flexibility index (Phi) is 4.63. The summed E-state index contributed by atoms with van der Waals surface area (Å²) < 4.78 is 18.6. The lowest BCUT2D eigenvalue weighted by molar-refractivity contribution is 0.140. The Morgan fingerprint density at radius 3 is 3.00 bits per heavy atom. The van der Waals surface area contributed by atoms with E-state index >= 15 is 0 Å². The van der Waals surface area contributed by atoms with Crippen molar-refractivity contribution in [2.75, 3.05) is 26.3 Å². The maximum absolute atomic E-state index is 13.2. The van der Waals surface area contributed by atoms with E-state index in [0.717, 1.165) is 44.8 Å². The first-order valence-electron chi connectivity index (χ1n) is 6.05. The average Bonchev–Trinajstić information content (AvgIpc) is 2.60. The van der Waals surface area contributed by atoms with Crippen LogP contribution in [-0.2, 0) is 11.3 Å². The molecule has 0 amide bonds. The summed E-state index contributed by atoms with van der Waals surface area (Å²) in [5.74, 6) is -0.305. The smallest absolute Gasteiger partial charge is 0.123 e. The number of nitrogens with two attached hydrogens (primary N) is 1. The van der Waals surface area contributed by atoms with Crippen LogP contribution in [0.15, 0.2) is 18.2 Å². The van der Waals surface area contributed by atoms with Crippen molar-refractivity contribution in [2.45, 2.75) is 13.0 Å². The van der Waals surface area contributed by atoms with Crippen LogP contribution in [0.5, 0.6) is 0 Å². The molecule has 2 N–H and O–H groups in total. The molecule has 0 bridgehead atoms. The second kappa shape index (κ2) is 6.22. The fourth-order valence-electron chi connectivity index (χ4n) is 2.11. The number of benzene rings is 1. The van der Waals surface area contributed by atoms with Gasteiger partial charge in [0, 0.05) is 31.8 Å². The molecule has 1 aliphatic heterocycles. The quantitative estimate of drug-likeness (QED) is 0.847. The van der Waals surface area contributed by atoms with Gasteiger partial charge in [-0.1, -0.05) is 18.3 Å². The Morgan fingerprint density at radius 2 is 2.22 bits per heavy atom. The fourth-order valence-corrected chi connectivity index (χ4v) is 2.30. The highest BCUT2D eigenvalue weighted by Crippen LogP contribution is 2.15. The van der Waals surface area contributed by atoms with Gasteiger partial charge in [0.2, 0.25) is 0 Å². The van der Waals surface area contributed by atoms with E-state index < -0.39 is 0 Å². The van der Waals surface area contributed by atoms with E-state index in [2.05, 4.69) is 4.90 Å². The van der Waals surface area contributed by atoms with E-state index in [0.29, 0.717) is 5.56 Å². The van der Waals surface area contributed by atoms with Crippen LogP contribution in [0.3, 0.4) is 0 Å². The zero-order valence-electron chi connectivity index (χ0n) is 10.2. The highest BCUT2D eigenvalue weighted by atomic mass is 32.1. The summed E-state index contributed by atoms with van der Waals surface area (Å²) in [6.45, 7) is 4.14. The zero-order valence-corrected chi connectivity index (χ0v) is 11.0. The highest BCUT2D eigenvalue weighted by Gasteiger charge is 2.13. The molecule has 0 aromatic heterocycles. The van der Waals surface area contributed by atoms with Crippen molar-refractivity contribution in [1.82, 2.24) is 4.90 Å². The molecular weight excluding hydrogens is 251 g/mol. The van der Waals surface area contributed by atoms with Gasteiger partial charge in [0.15, 0.2) is 0 Å². The molecule has 1 aliphatic rings. The van der Waals surface area contributed by atoms with Crippen LogP contribution >= 0.6 is 12.2 Å². The number of ether oxygens (including phenoxy) is 1. The van der Waals surface area contributed by atoms with Gasteiger partial charge in [0.25, 0.3) is 0 Å². The first-order chi connectivity index (χ1) is 8.66. The maximum atomic E-state index is 13.2. The van der Waals surface area contributed by atoms with Gasteiger partial charge in [-0.25, -0.2) is 4.39 Å². The normalized spacial score (nSPS) is 17.4. The second-order valence-electron chi connectivity index (χ2n) is 4.41. The number of rotatable bonds is 3. The van der Waals surface area contributed by atoms with Crippen LogP contribution in [0, 0.1) is 5.82 Å². The topological polar surface area (TPSA) is 38.5 Å². The number of hydrogen-bond acceptors (Lipinski definition) is 3. The molecule has 0 atom stereocenters. The van der Waals surface area contributed by atoms with Crippen molar-refractivity contribution in [1.29, 1.82) is 0 Å². The summed E-state index contributed by atoms with van der Waals surface area (Å²) in [4.78, 5) is 2.53. The van der Waals surface area contributed by atoms with Crippen LogP contribution in [-0.4, -0.2) is 36.2 Å². The van der Waals surface area contributed by atoms with Gasteiger partial charge in [-0.3, -0.25) is 4.90 Å². The molecule has 1 fully saturated rings. The lowest BCUT2D eigenvalue weighted by Gasteiger charge is -2.20. The molecule has 1 aromatic carbocycles. The molecule has 0 radical (unpaired) electrons. The minimum atomic E-state index is -0.305. The van der Waals surface area contributed by atoms with E-state index in [1.165, 1.54) is 12.1 Å². The van der Waals surface area contributed by atoms with Crippen LogP contribution in [0.1, 0.15) is 17.5 Å². The molecule has 5 heteroatoms. The number of nitrogens with zero attached hydrogens (tertiary/aromatic N) is 1. The molecule has 3 nitrogen and oxygen atoms in total. The van der Waals surface area contributed by atoms with Gasteiger partial charge >= 0.3 is 0 Å². The third-order valence-corrected chi connectivity index (χ3v) is 3.27. The van der Waals surface area contributed by atoms with Crippen molar-refractivity contribution in [3.05, 3.63) is 35.1 Å². The van der Waals surface area contributed by atoms with E-state index in [1.807, 2.05) is 0 Å². The van der Waals surface area contributed by atoms with Crippen molar-refractivity contribution in [3.63, 3.8) is 0 Å². The number of halogens is 1. The largest absolute Gasteiger partial charge is 0.389 e. The van der Waals surface area contributed by atoms with E-state index in [-0.39, 0.29) is 10.8 Å². The lowest BCUT2D eigenvalue weighted by atomic mass is 10.1. The molecule has 1 heterocycles. The minimum Gasteiger partial charge on any atom is -0.389 e. The van der Waals surface area contributed by atoms with Crippen LogP contribution in [0.25, 0.3) is 0 Å². The van der Waals surface area contributed by atoms with Crippen molar-refractivity contribution in [3.8, 4) is 0 Å². The van der Waals surface area contributed by atoms with Crippen LogP contribution in [0.4, 0.5) is 4.39 Å². The SMILES string of the molecule is NC(=S)c1cc(F)ccc1CN1CCCOCC1. The van der Waals surface area contributed by atoms with Gasteiger partial charge in [-0.15, -0.1) is 0 Å². The molecule has 98 valence electrons. The molecule has 2 rings (SSSR count). The molecule has 1 saturated heterocycles. The summed E-state index contributed by atoms with van der Waals surface area (Å²) in [5, 5.41) is 0. The molecule has 1 aromatic rings. The van der Waals surface area contributed by atoms with Gasteiger partial charge in [-0.05, 0) is 24.1 Å². The van der Waals surface area contributed by atoms with Crippen LogP contribution < -0.4 is 5.73 Å². The Labute approximate surface area is 112 Å². The van der Waals surface area contributed by atoms with E-state index in [4.69, 9.17) is 22.7 Å². The standard InChI is InChI=1S/C13H17FN2OS/c14-11-3-2-10(12(8-11)13(15)18)9-16-4-1-6-17-7-5-16/h2-3,8H,1,4-7,9H2,(H2,15,18). The Hall–Kier alpha value is -1.04. The molecule has 0 saturated carbocycles. The second-order valence-corrected chi connectivity index (χ2v) is 4.85. The van der Waals surface area contributed by atoms with E-state index in [1.54, 1.807) is 6.07 Å². The molecule has 0 aliphatic carbocycles. The van der Waals surface area contributed by atoms with Crippen molar-refractivity contribution < 1.29 is 9.13 Å². The third kappa shape index (κ3) is 3.48. The lowest BCUT2D eigenvalue weighted by Crippen LogP contribution is -2.27. The Morgan fingerprint density at radius 1 is 1.39 bits per heavy atom. The highest BCUT2D eigenvalue weighted by molar-refractivity contribution is 7.80. The molecular formula is C13H17FN2OS. The van der Waals surface area contributed by atoms with Crippen LogP contribution in [0.2, 0.25) is 0 Å². The minimum absolute atomic E-state index is 0.246.